The van der Waals surface area contributed by atoms with Gasteiger partial charge >= 0.3 is 0 Å². The molecule has 0 aliphatic carbocycles. The molecule has 2 heterocycles. The van der Waals surface area contributed by atoms with E-state index in [4.69, 9.17) is 0 Å². The number of nitrogens with one attached hydrogen (secondary N) is 1. The number of hydrogen-bond donors (Lipinski definition) is 1. The number of nitrogens with zero attached hydrogens (tertiary/aromatic N) is 2. The summed E-state index contributed by atoms with van der Waals surface area (Å²) in [5, 5.41) is 3.34. The van der Waals surface area contributed by atoms with Gasteiger partial charge in [0.1, 0.15) is 0 Å². The maximum atomic E-state index is 4.43. The van der Waals surface area contributed by atoms with Crippen LogP contribution >= 0.6 is 12.4 Å². The number of rotatable bonds is 8. The van der Waals surface area contributed by atoms with Crippen molar-refractivity contribution in [1.82, 2.24) is 15.2 Å². The molecule has 1 aliphatic rings. The minimum Gasteiger partial charge on any atom is -0.313 e. The van der Waals surface area contributed by atoms with E-state index in [1.54, 1.807) is 0 Å². The van der Waals surface area contributed by atoms with E-state index >= 15 is 0 Å². The lowest BCUT2D eigenvalue weighted by atomic mass is 10.0. The first-order chi connectivity index (χ1) is 10.9. The molecular weight excluding hydrogens is 306 g/mol. The minimum absolute atomic E-state index is 0. The molecule has 0 radical (unpaired) electrons. The van der Waals surface area contributed by atoms with Crippen LogP contribution in [0.25, 0.3) is 5.57 Å². The second kappa shape index (κ2) is 14.2. The quantitative estimate of drug-likeness (QED) is 0.576. The van der Waals surface area contributed by atoms with Gasteiger partial charge in [0.05, 0.1) is 5.69 Å². The molecule has 0 saturated carbocycles. The summed E-state index contributed by atoms with van der Waals surface area (Å²) >= 11 is 0. The lowest BCUT2D eigenvalue weighted by Gasteiger charge is -2.26. The molecule has 0 aromatic carbocycles. The second-order valence-electron chi connectivity index (χ2n) is 5.19. The van der Waals surface area contributed by atoms with Crippen molar-refractivity contribution in [3.05, 3.63) is 62.0 Å². The Morgan fingerprint density at radius 1 is 1.26 bits per heavy atom. The first-order valence-corrected chi connectivity index (χ1v) is 8.04. The third-order valence-corrected chi connectivity index (χ3v) is 3.65. The second-order valence-corrected chi connectivity index (χ2v) is 5.19. The first-order valence-electron chi connectivity index (χ1n) is 8.04. The summed E-state index contributed by atoms with van der Waals surface area (Å²) in [5.74, 6) is 0. The Morgan fingerprint density at radius 3 is 2.70 bits per heavy atom. The van der Waals surface area contributed by atoms with Crippen LogP contribution in [-0.4, -0.2) is 42.6 Å². The maximum Gasteiger partial charge on any atom is 0.0659 e. The zero-order valence-electron chi connectivity index (χ0n) is 14.0. The molecule has 0 fully saturated rings. The van der Waals surface area contributed by atoms with Gasteiger partial charge in [0, 0.05) is 25.8 Å². The molecule has 0 unspecified atom stereocenters. The minimum atomic E-state index is 0. The third kappa shape index (κ3) is 8.70. The van der Waals surface area contributed by atoms with Crippen LogP contribution < -0.4 is 5.32 Å². The van der Waals surface area contributed by atoms with E-state index in [9.17, 15) is 0 Å². The molecule has 23 heavy (non-hydrogen) atoms. The molecule has 2 rings (SSSR count). The average Bonchev–Trinajstić information content (AvgIpc) is 2.61. The van der Waals surface area contributed by atoms with Gasteiger partial charge in [-0.25, -0.2) is 0 Å². The normalized spacial score (nSPS) is 14.0. The van der Waals surface area contributed by atoms with E-state index in [-0.39, 0.29) is 12.4 Å². The predicted octanol–water partition coefficient (Wildman–Crippen LogP) is 3.95. The van der Waals surface area contributed by atoms with E-state index < -0.39 is 0 Å². The molecule has 0 amide bonds. The summed E-state index contributed by atoms with van der Waals surface area (Å²) in [5.41, 5.74) is 2.54. The number of aromatic nitrogens is 1. The average molecular weight is 336 g/mol. The highest BCUT2D eigenvalue weighted by molar-refractivity contribution is 5.85. The Balaban J connectivity index is 0.00000155. The Hall–Kier alpha value is -1.42. The highest BCUT2D eigenvalue weighted by Gasteiger charge is 2.12. The summed E-state index contributed by atoms with van der Waals surface area (Å²) in [6, 6.07) is 6.14. The zero-order valence-corrected chi connectivity index (χ0v) is 14.9. The fourth-order valence-corrected chi connectivity index (χ4v) is 2.49. The van der Waals surface area contributed by atoms with Crippen LogP contribution in [0.15, 0.2) is 56.3 Å². The van der Waals surface area contributed by atoms with Crippen molar-refractivity contribution in [2.24, 2.45) is 0 Å². The monoisotopic (exact) mass is 335 g/mol. The predicted molar refractivity (Wildman–Crippen MR) is 104 cm³/mol. The van der Waals surface area contributed by atoms with Crippen LogP contribution in [0.2, 0.25) is 0 Å². The fraction of sp³-hybridized carbons (Fsp3) is 0.421. The Bertz CT molecular complexity index is 445. The molecule has 1 N–H and O–H groups in total. The van der Waals surface area contributed by atoms with E-state index in [0.29, 0.717) is 0 Å². The van der Waals surface area contributed by atoms with E-state index in [1.165, 1.54) is 25.0 Å². The molecule has 3 nitrogen and oxygen atoms in total. The third-order valence-electron chi connectivity index (χ3n) is 3.65. The molecule has 0 spiro atoms. The Morgan fingerprint density at radius 2 is 2.09 bits per heavy atom. The highest BCUT2D eigenvalue weighted by Crippen LogP contribution is 2.20. The van der Waals surface area contributed by atoms with E-state index in [2.05, 4.69) is 53.1 Å². The van der Waals surface area contributed by atoms with Gasteiger partial charge in [0.15, 0.2) is 0 Å². The van der Waals surface area contributed by atoms with Gasteiger partial charge in [-0.05, 0) is 50.1 Å². The van der Waals surface area contributed by atoms with Gasteiger partial charge < -0.3 is 5.32 Å². The number of unbranched alkanes of at least 4 members (excludes halogenated alkanes) is 1. The number of hydrogen-bond acceptors (Lipinski definition) is 3. The Labute approximate surface area is 147 Å². The van der Waals surface area contributed by atoms with Crippen LogP contribution in [0.3, 0.4) is 0 Å². The molecule has 0 bridgehead atoms. The summed E-state index contributed by atoms with van der Waals surface area (Å²) in [4.78, 5) is 6.96. The van der Waals surface area contributed by atoms with Crippen LogP contribution in [0, 0.1) is 0 Å². The zero-order chi connectivity index (χ0) is 16.0. The largest absolute Gasteiger partial charge is 0.313 e. The van der Waals surface area contributed by atoms with Crippen molar-refractivity contribution < 1.29 is 0 Å². The number of pyridine rings is 1. The van der Waals surface area contributed by atoms with Crippen molar-refractivity contribution >= 4 is 18.0 Å². The van der Waals surface area contributed by atoms with Crippen LogP contribution in [0.1, 0.15) is 25.0 Å². The van der Waals surface area contributed by atoms with Gasteiger partial charge in [0.2, 0.25) is 0 Å². The molecular formula is C19H30ClN3. The van der Waals surface area contributed by atoms with E-state index in [1.807, 2.05) is 18.3 Å². The van der Waals surface area contributed by atoms with Crippen LogP contribution in [0.4, 0.5) is 0 Å². The summed E-state index contributed by atoms with van der Waals surface area (Å²) in [7, 11) is 0. The van der Waals surface area contributed by atoms with Gasteiger partial charge in [0.25, 0.3) is 0 Å². The van der Waals surface area contributed by atoms with Gasteiger partial charge in [-0.15, -0.1) is 32.1 Å². The van der Waals surface area contributed by atoms with Gasteiger partial charge in [-0.3, -0.25) is 9.88 Å². The van der Waals surface area contributed by atoms with Gasteiger partial charge in [-0.2, -0.15) is 0 Å². The maximum absolute atomic E-state index is 4.43. The standard InChI is InChI=1S/C17H25N3.C2H4.ClH/c1-2-10-18-11-5-6-13-20-14-8-16(9-15-20)17-7-3-4-12-19-17;1-2;/h2-4,7-8,12,18H,1,5-6,9-11,13-15H2;1-2H2;1H. The van der Waals surface area contributed by atoms with Crippen molar-refractivity contribution in [2.45, 2.75) is 19.3 Å². The molecule has 128 valence electrons. The first kappa shape index (κ1) is 21.6. The topological polar surface area (TPSA) is 28.2 Å². The molecule has 0 atom stereocenters. The fourth-order valence-electron chi connectivity index (χ4n) is 2.49. The smallest absolute Gasteiger partial charge is 0.0659 e. The summed E-state index contributed by atoms with van der Waals surface area (Å²) in [6.07, 6.45) is 9.74. The summed E-state index contributed by atoms with van der Waals surface area (Å²) < 4.78 is 0. The van der Waals surface area contributed by atoms with Crippen molar-refractivity contribution in [2.75, 3.05) is 32.7 Å². The van der Waals surface area contributed by atoms with E-state index in [0.717, 1.165) is 38.3 Å². The van der Waals surface area contributed by atoms with Crippen molar-refractivity contribution in [3.8, 4) is 0 Å². The highest BCUT2D eigenvalue weighted by atomic mass is 35.5. The Kier molecular flexibility index (Phi) is 13.3. The molecule has 1 aromatic rings. The molecule has 0 saturated heterocycles. The van der Waals surface area contributed by atoms with Crippen LogP contribution in [0.5, 0.6) is 0 Å². The molecule has 4 heteroatoms. The lowest BCUT2D eigenvalue weighted by Crippen LogP contribution is -2.30. The van der Waals surface area contributed by atoms with Crippen molar-refractivity contribution in [3.63, 3.8) is 0 Å². The summed E-state index contributed by atoms with van der Waals surface area (Å²) in [6.45, 7) is 15.1. The molecule has 1 aliphatic heterocycles. The SMILES string of the molecule is C=C.C=CCNCCCCN1CC=C(c2ccccn2)CC1.Cl. The van der Waals surface area contributed by atoms with Crippen LogP contribution in [-0.2, 0) is 0 Å². The molecule has 1 aromatic heterocycles. The van der Waals surface area contributed by atoms with Gasteiger partial charge in [-0.1, -0.05) is 18.2 Å². The number of halogens is 1. The lowest BCUT2D eigenvalue weighted by molar-refractivity contribution is 0.294. The van der Waals surface area contributed by atoms with Crippen molar-refractivity contribution in [1.29, 1.82) is 0 Å².